The fourth-order valence-corrected chi connectivity index (χ4v) is 1.47. The summed E-state index contributed by atoms with van der Waals surface area (Å²) in [5.74, 6) is -0.294. The molecular weight excluding hydrogens is 152 g/mol. The van der Waals surface area contributed by atoms with Crippen LogP contribution in [0.15, 0.2) is 12.2 Å². The number of hydrogen-bond donors (Lipinski definition) is 1. The van der Waals surface area contributed by atoms with Crippen LogP contribution in [0.4, 0.5) is 0 Å². The average Bonchev–Trinajstić information content (AvgIpc) is 2.05. The molecule has 0 bridgehead atoms. The Bertz CT molecular complexity index is 189. The summed E-state index contributed by atoms with van der Waals surface area (Å²) < 4.78 is 0. The molecular formula is C9H16N2O. The molecule has 2 N–H and O–H groups in total. The number of nitrogens with two attached hydrogens (primary N) is 1. The predicted octanol–water partition coefficient (Wildman–Crippen LogP) is 0.370. The van der Waals surface area contributed by atoms with Gasteiger partial charge in [-0.2, -0.15) is 0 Å². The predicted molar refractivity (Wildman–Crippen MR) is 48.6 cm³/mol. The van der Waals surface area contributed by atoms with Crippen molar-refractivity contribution < 1.29 is 4.79 Å². The van der Waals surface area contributed by atoms with Crippen molar-refractivity contribution in [3.63, 3.8) is 0 Å². The molecule has 0 aromatic carbocycles. The Kier molecular flexibility index (Phi) is 3.29. The maximum atomic E-state index is 10.8. The Balaban J connectivity index is 2.45. The summed E-state index contributed by atoms with van der Waals surface area (Å²) >= 11 is 0. The summed E-state index contributed by atoms with van der Waals surface area (Å²) in [5.41, 5.74) is 5.21. The Labute approximate surface area is 73.2 Å². The molecule has 1 atom stereocenters. The molecule has 0 spiro atoms. The minimum Gasteiger partial charge on any atom is -0.369 e. The van der Waals surface area contributed by atoms with Crippen molar-refractivity contribution in [1.82, 2.24) is 4.90 Å². The van der Waals surface area contributed by atoms with Gasteiger partial charge in [-0.1, -0.05) is 19.1 Å². The lowest BCUT2D eigenvalue weighted by Crippen LogP contribution is -2.38. The Morgan fingerprint density at radius 1 is 1.75 bits per heavy atom. The average molecular weight is 168 g/mol. The molecule has 0 saturated heterocycles. The van der Waals surface area contributed by atoms with Crippen LogP contribution in [0, 0.1) is 5.92 Å². The van der Waals surface area contributed by atoms with E-state index in [1.165, 1.54) is 0 Å². The lowest BCUT2D eigenvalue weighted by molar-refractivity contribution is -0.121. The van der Waals surface area contributed by atoms with Crippen LogP contribution in [-0.2, 0) is 4.79 Å². The van der Waals surface area contributed by atoms with Gasteiger partial charge in [0.25, 0.3) is 0 Å². The van der Waals surface area contributed by atoms with Gasteiger partial charge in [-0.3, -0.25) is 9.69 Å². The SMILES string of the molecule is CCCN1CC=CC(C(N)=O)C1. The van der Waals surface area contributed by atoms with Gasteiger partial charge in [-0.15, -0.1) is 0 Å². The van der Waals surface area contributed by atoms with Crippen LogP contribution in [0.1, 0.15) is 13.3 Å². The van der Waals surface area contributed by atoms with Crippen molar-refractivity contribution in [2.45, 2.75) is 13.3 Å². The van der Waals surface area contributed by atoms with Gasteiger partial charge in [0.15, 0.2) is 0 Å². The van der Waals surface area contributed by atoms with E-state index in [0.717, 1.165) is 26.1 Å². The second-order valence-electron chi connectivity index (χ2n) is 3.20. The van der Waals surface area contributed by atoms with Gasteiger partial charge in [0.1, 0.15) is 0 Å². The van der Waals surface area contributed by atoms with Crippen LogP contribution < -0.4 is 5.73 Å². The minimum absolute atomic E-state index is 0.0784. The number of amides is 1. The van der Waals surface area contributed by atoms with Crippen molar-refractivity contribution in [3.8, 4) is 0 Å². The Morgan fingerprint density at radius 2 is 2.50 bits per heavy atom. The highest BCUT2D eigenvalue weighted by atomic mass is 16.1. The highest BCUT2D eigenvalue weighted by Gasteiger charge is 2.18. The van der Waals surface area contributed by atoms with Crippen LogP contribution in [-0.4, -0.2) is 30.4 Å². The van der Waals surface area contributed by atoms with E-state index in [1.54, 1.807) is 0 Å². The zero-order valence-corrected chi connectivity index (χ0v) is 7.49. The molecule has 3 nitrogen and oxygen atoms in total. The zero-order chi connectivity index (χ0) is 8.97. The summed E-state index contributed by atoms with van der Waals surface area (Å²) in [6.45, 7) is 4.93. The van der Waals surface area contributed by atoms with Crippen molar-refractivity contribution in [2.75, 3.05) is 19.6 Å². The maximum Gasteiger partial charge on any atom is 0.225 e. The van der Waals surface area contributed by atoms with E-state index < -0.39 is 0 Å². The van der Waals surface area contributed by atoms with E-state index in [4.69, 9.17) is 5.73 Å². The molecule has 0 fully saturated rings. The fourth-order valence-electron chi connectivity index (χ4n) is 1.47. The number of carbonyl (C=O) groups is 1. The van der Waals surface area contributed by atoms with Gasteiger partial charge in [0.05, 0.1) is 5.92 Å². The second kappa shape index (κ2) is 4.26. The van der Waals surface area contributed by atoms with Gasteiger partial charge >= 0.3 is 0 Å². The van der Waals surface area contributed by atoms with Crippen molar-refractivity contribution >= 4 is 5.91 Å². The van der Waals surface area contributed by atoms with E-state index in [2.05, 4.69) is 11.8 Å². The molecule has 1 unspecified atom stereocenters. The molecule has 1 amide bonds. The van der Waals surface area contributed by atoms with Crippen LogP contribution >= 0.6 is 0 Å². The number of carbonyl (C=O) groups excluding carboxylic acids is 1. The van der Waals surface area contributed by atoms with Crippen LogP contribution in [0.25, 0.3) is 0 Å². The first-order chi connectivity index (χ1) is 5.74. The molecule has 0 aliphatic carbocycles. The number of primary amides is 1. The summed E-state index contributed by atoms with van der Waals surface area (Å²) in [7, 11) is 0. The van der Waals surface area contributed by atoms with E-state index in [1.807, 2.05) is 12.2 Å². The molecule has 1 aliphatic rings. The normalized spacial score (nSPS) is 24.2. The molecule has 0 aromatic heterocycles. The lowest BCUT2D eigenvalue weighted by atomic mass is 10.0. The first-order valence-corrected chi connectivity index (χ1v) is 4.42. The fraction of sp³-hybridized carbons (Fsp3) is 0.667. The number of hydrogen-bond acceptors (Lipinski definition) is 2. The molecule has 12 heavy (non-hydrogen) atoms. The smallest absolute Gasteiger partial charge is 0.225 e. The summed E-state index contributed by atoms with van der Waals surface area (Å²) in [6, 6.07) is 0. The number of nitrogens with zero attached hydrogens (tertiary/aromatic N) is 1. The van der Waals surface area contributed by atoms with Crippen LogP contribution in [0.5, 0.6) is 0 Å². The Morgan fingerprint density at radius 3 is 3.08 bits per heavy atom. The van der Waals surface area contributed by atoms with Gasteiger partial charge in [0, 0.05) is 13.1 Å². The third kappa shape index (κ3) is 2.34. The van der Waals surface area contributed by atoms with Crippen molar-refractivity contribution in [2.24, 2.45) is 11.7 Å². The lowest BCUT2D eigenvalue weighted by Gasteiger charge is -2.26. The zero-order valence-electron chi connectivity index (χ0n) is 7.49. The highest BCUT2D eigenvalue weighted by molar-refractivity contribution is 5.78. The van der Waals surface area contributed by atoms with Gasteiger partial charge in [-0.25, -0.2) is 0 Å². The van der Waals surface area contributed by atoms with E-state index in [9.17, 15) is 4.79 Å². The van der Waals surface area contributed by atoms with Gasteiger partial charge < -0.3 is 5.73 Å². The molecule has 0 aromatic rings. The minimum atomic E-state index is -0.216. The first-order valence-electron chi connectivity index (χ1n) is 4.42. The largest absolute Gasteiger partial charge is 0.369 e. The van der Waals surface area contributed by atoms with Gasteiger partial charge in [-0.05, 0) is 13.0 Å². The third-order valence-electron chi connectivity index (χ3n) is 2.09. The summed E-state index contributed by atoms with van der Waals surface area (Å²) in [4.78, 5) is 13.1. The summed E-state index contributed by atoms with van der Waals surface area (Å²) in [5, 5.41) is 0. The molecule has 1 heterocycles. The number of rotatable bonds is 3. The van der Waals surface area contributed by atoms with E-state index >= 15 is 0 Å². The summed E-state index contributed by atoms with van der Waals surface area (Å²) in [6.07, 6.45) is 5.06. The van der Waals surface area contributed by atoms with Gasteiger partial charge in [0.2, 0.25) is 5.91 Å². The molecule has 68 valence electrons. The molecule has 0 saturated carbocycles. The standard InChI is InChI=1S/C9H16N2O/c1-2-5-11-6-3-4-8(7-11)9(10)12/h3-4,8H,2,5-7H2,1H3,(H2,10,12). The molecule has 1 rings (SSSR count). The molecule has 1 aliphatic heterocycles. The monoisotopic (exact) mass is 168 g/mol. The molecule has 0 radical (unpaired) electrons. The van der Waals surface area contributed by atoms with Crippen LogP contribution in [0.3, 0.4) is 0 Å². The second-order valence-corrected chi connectivity index (χ2v) is 3.20. The van der Waals surface area contributed by atoms with E-state index in [-0.39, 0.29) is 11.8 Å². The first kappa shape index (κ1) is 9.26. The van der Waals surface area contributed by atoms with E-state index in [0.29, 0.717) is 0 Å². The Hall–Kier alpha value is -0.830. The third-order valence-corrected chi connectivity index (χ3v) is 2.09. The molecule has 3 heteroatoms. The van der Waals surface area contributed by atoms with Crippen LogP contribution in [0.2, 0.25) is 0 Å². The quantitative estimate of drug-likeness (QED) is 0.619. The van der Waals surface area contributed by atoms with Crippen molar-refractivity contribution in [1.29, 1.82) is 0 Å². The topological polar surface area (TPSA) is 46.3 Å². The van der Waals surface area contributed by atoms with Crippen molar-refractivity contribution in [3.05, 3.63) is 12.2 Å². The highest BCUT2D eigenvalue weighted by Crippen LogP contribution is 2.08. The maximum absolute atomic E-state index is 10.8.